The summed E-state index contributed by atoms with van der Waals surface area (Å²) < 4.78 is 16.6. The van der Waals surface area contributed by atoms with Gasteiger partial charge in [-0.1, -0.05) is 60.7 Å². The molecule has 7 nitrogen and oxygen atoms in total. The topological polar surface area (TPSA) is 99.1 Å². The highest BCUT2D eigenvalue weighted by Gasteiger charge is 2.56. The van der Waals surface area contributed by atoms with E-state index in [0.717, 1.165) is 0 Å². The van der Waals surface area contributed by atoms with Crippen molar-refractivity contribution in [2.45, 2.75) is 24.9 Å². The van der Waals surface area contributed by atoms with Gasteiger partial charge in [0.05, 0.1) is 38.8 Å². The van der Waals surface area contributed by atoms with Gasteiger partial charge in [-0.3, -0.25) is 14.4 Å². The number of ether oxygens (including phenoxy) is 3. The second kappa shape index (κ2) is 10.6. The summed E-state index contributed by atoms with van der Waals surface area (Å²) in [5, 5.41) is 11.6. The molecule has 4 rings (SSSR count). The van der Waals surface area contributed by atoms with E-state index < -0.39 is 34.9 Å². The molecule has 0 amide bonds. The van der Waals surface area contributed by atoms with Gasteiger partial charge < -0.3 is 19.3 Å². The van der Waals surface area contributed by atoms with Gasteiger partial charge in [0.2, 0.25) is 0 Å². The molecule has 0 bridgehead atoms. The number of hydrogen-bond acceptors (Lipinski definition) is 7. The Labute approximate surface area is 216 Å². The molecule has 1 fully saturated rings. The first-order valence-corrected chi connectivity index (χ1v) is 12.0. The van der Waals surface area contributed by atoms with Crippen LogP contribution in [0.25, 0.3) is 0 Å². The molecule has 4 atom stereocenters. The van der Waals surface area contributed by atoms with Crippen molar-refractivity contribution in [3.05, 3.63) is 89.5 Å². The van der Waals surface area contributed by atoms with Crippen molar-refractivity contribution < 1.29 is 33.7 Å². The molecule has 1 N–H and O–H groups in total. The number of hydrogen-bond donors (Lipinski definition) is 1. The molecule has 0 saturated heterocycles. The van der Waals surface area contributed by atoms with E-state index in [1.807, 2.05) is 0 Å². The van der Waals surface area contributed by atoms with Crippen LogP contribution in [0.2, 0.25) is 0 Å². The molecule has 0 heterocycles. The molecule has 3 aromatic rings. The van der Waals surface area contributed by atoms with Gasteiger partial charge in [-0.15, -0.1) is 0 Å². The summed E-state index contributed by atoms with van der Waals surface area (Å²) in [6, 6.07) is 20.3. The molecule has 37 heavy (non-hydrogen) atoms. The van der Waals surface area contributed by atoms with Crippen molar-refractivity contribution in [1.29, 1.82) is 0 Å². The van der Waals surface area contributed by atoms with Gasteiger partial charge in [0.25, 0.3) is 0 Å². The molecule has 1 saturated carbocycles. The zero-order valence-electron chi connectivity index (χ0n) is 21.3. The normalized spacial score (nSPS) is 23.3. The van der Waals surface area contributed by atoms with Crippen LogP contribution < -0.4 is 14.2 Å². The number of Topliss-reactive ketones (excluding diaryl/α,β-unsaturated/α-hetero) is 3. The summed E-state index contributed by atoms with van der Waals surface area (Å²) in [6.07, 6.45) is -0.342. The lowest BCUT2D eigenvalue weighted by Crippen LogP contribution is -2.54. The largest absolute Gasteiger partial charge is 0.496 e. The summed E-state index contributed by atoms with van der Waals surface area (Å²) in [5.41, 5.74) is -0.604. The van der Waals surface area contributed by atoms with Gasteiger partial charge in [-0.05, 0) is 13.0 Å². The summed E-state index contributed by atoms with van der Waals surface area (Å²) in [5.74, 6) is -3.60. The smallest absolute Gasteiger partial charge is 0.173 e. The average molecular weight is 503 g/mol. The minimum absolute atomic E-state index is 0.310. The lowest BCUT2D eigenvalue weighted by Gasteiger charge is -2.45. The number of benzene rings is 3. The van der Waals surface area contributed by atoms with Crippen LogP contribution in [0.3, 0.4) is 0 Å². The molecule has 1 aliphatic carbocycles. The van der Waals surface area contributed by atoms with E-state index in [-0.39, 0.29) is 12.2 Å². The van der Waals surface area contributed by atoms with Crippen molar-refractivity contribution in [1.82, 2.24) is 0 Å². The number of rotatable bonds is 8. The second-order valence-corrected chi connectivity index (χ2v) is 9.39. The van der Waals surface area contributed by atoms with E-state index in [9.17, 15) is 19.5 Å². The lowest BCUT2D eigenvalue weighted by atomic mass is 9.58. The third kappa shape index (κ3) is 4.87. The molecule has 1 aliphatic rings. The average Bonchev–Trinajstić information content (AvgIpc) is 2.91. The minimum atomic E-state index is -1.72. The Morgan fingerprint density at radius 2 is 1.27 bits per heavy atom. The van der Waals surface area contributed by atoms with Crippen molar-refractivity contribution >= 4 is 17.3 Å². The van der Waals surface area contributed by atoms with Gasteiger partial charge in [-0.2, -0.15) is 0 Å². The van der Waals surface area contributed by atoms with Crippen LogP contribution >= 0.6 is 0 Å². The molecule has 7 heteroatoms. The van der Waals surface area contributed by atoms with E-state index in [1.54, 1.807) is 72.8 Å². The summed E-state index contributed by atoms with van der Waals surface area (Å²) in [4.78, 5) is 41.5. The number of methoxy groups -OCH3 is 3. The van der Waals surface area contributed by atoms with Gasteiger partial charge in [-0.25, -0.2) is 0 Å². The highest BCUT2D eigenvalue weighted by molar-refractivity contribution is 6.14. The molecule has 0 aromatic heterocycles. The Kier molecular flexibility index (Phi) is 7.45. The maximum atomic E-state index is 14.0. The SMILES string of the molecule is COc1cc(OC)c(C2C(C(=O)c3ccccc3)C(=O)CC(C)(O)C2C(=O)c2ccccc2)cc1OC. The van der Waals surface area contributed by atoms with Gasteiger partial charge >= 0.3 is 0 Å². The molecule has 0 aliphatic heterocycles. The monoisotopic (exact) mass is 502 g/mol. The van der Waals surface area contributed by atoms with Crippen molar-refractivity contribution in [2.24, 2.45) is 11.8 Å². The van der Waals surface area contributed by atoms with Gasteiger partial charge in [0.15, 0.2) is 23.1 Å². The lowest BCUT2D eigenvalue weighted by molar-refractivity contribution is -0.135. The van der Waals surface area contributed by atoms with Gasteiger partial charge in [0, 0.05) is 35.1 Å². The van der Waals surface area contributed by atoms with Crippen LogP contribution in [0.15, 0.2) is 72.8 Å². The molecular weight excluding hydrogens is 472 g/mol. The van der Waals surface area contributed by atoms with E-state index in [2.05, 4.69) is 0 Å². The van der Waals surface area contributed by atoms with Crippen LogP contribution in [0.4, 0.5) is 0 Å². The quantitative estimate of drug-likeness (QED) is 0.357. The molecule has 0 radical (unpaired) electrons. The predicted octanol–water partition coefficient (Wildman–Crippen LogP) is 4.52. The molecular formula is C30H30O7. The second-order valence-electron chi connectivity index (χ2n) is 9.39. The highest BCUT2D eigenvalue weighted by atomic mass is 16.5. The fourth-order valence-electron chi connectivity index (χ4n) is 5.34. The molecule has 0 spiro atoms. The fourth-order valence-corrected chi connectivity index (χ4v) is 5.34. The summed E-state index contributed by atoms with van der Waals surface area (Å²) in [7, 11) is 4.40. The third-order valence-electron chi connectivity index (χ3n) is 7.04. The molecule has 192 valence electrons. The zero-order chi connectivity index (χ0) is 26.7. The number of ketones is 3. The third-order valence-corrected chi connectivity index (χ3v) is 7.04. The number of aliphatic hydroxyl groups is 1. The number of carbonyl (C=O) groups is 3. The Bertz CT molecular complexity index is 1300. The van der Waals surface area contributed by atoms with Crippen LogP contribution in [-0.4, -0.2) is 49.4 Å². The Balaban J connectivity index is 2.00. The highest BCUT2D eigenvalue weighted by Crippen LogP contribution is 2.52. The van der Waals surface area contributed by atoms with Crippen molar-refractivity contribution in [2.75, 3.05) is 21.3 Å². The maximum absolute atomic E-state index is 14.0. The van der Waals surface area contributed by atoms with Crippen molar-refractivity contribution in [3.63, 3.8) is 0 Å². The Morgan fingerprint density at radius 3 is 1.78 bits per heavy atom. The molecule has 4 unspecified atom stereocenters. The Morgan fingerprint density at radius 1 is 0.784 bits per heavy atom. The van der Waals surface area contributed by atoms with E-state index in [4.69, 9.17) is 14.2 Å². The standard InChI is InChI=1S/C30H30O7/c1-30(34)17-21(31)26(28(32)18-11-7-5-8-12-18)25(27(30)29(33)19-13-9-6-10-14-19)20-15-23(36-3)24(37-4)16-22(20)35-2/h5-16,25-27,34H,17H2,1-4H3. The fraction of sp³-hybridized carbons (Fsp3) is 0.300. The zero-order valence-corrected chi connectivity index (χ0v) is 21.3. The number of carbonyl (C=O) groups excluding carboxylic acids is 3. The minimum Gasteiger partial charge on any atom is -0.496 e. The van der Waals surface area contributed by atoms with Crippen LogP contribution in [0, 0.1) is 11.8 Å². The van der Waals surface area contributed by atoms with Gasteiger partial charge in [0.1, 0.15) is 11.5 Å². The Hall–Kier alpha value is -3.97. The first-order valence-electron chi connectivity index (χ1n) is 12.0. The summed E-state index contributed by atoms with van der Waals surface area (Å²) >= 11 is 0. The first kappa shape index (κ1) is 26.1. The van der Waals surface area contributed by atoms with Crippen LogP contribution in [0.5, 0.6) is 17.2 Å². The predicted molar refractivity (Wildman–Crippen MR) is 138 cm³/mol. The molecule has 3 aromatic carbocycles. The van der Waals surface area contributed by atoms with E-state index >= 15 is 0 Å². The maximum Gasteiger partial charge on any atom is 0.173 e. The van der Waals surface area contributed by atoms with Crippen molar-refractivity contribution in [3.8, 4) is 17.2 Å². The van der Waals surface area contributed by atoms with Crippen LogP contribution in [-0.2, 0) is 4.79 Å². The van der Waals surface area contributed by atoms with Crippen LogP contribution in [0.1, 0.15) is 45.5 Å². The summed E-state index contributed by atoms with van der Waals surface area (Å²) in [6.45, 7) is 1.47. The van der Waals surface area contributed by atoms with E-state index in [1.165, 1.54) is 28.3 Å². The van der Waals surface area contributed by atoms with E-state index in [0.29, 0.717) is 33.9 Å². The first-order chi connectivity index (χ1) is 17.7.